The van der Waals surface area contributed by atoms with Crippen LogP contribution in [0.4, 0.5) is 0 Å². The molecule has 0 saturated heterocycles. The fourth-order valence-corrected chi connectivity index (χ4v) is 3.24. The second-order valence-corrected chi connectivity index (χ2v) is 6.54. The molecule has 0 saturated carbocycles. The molecule has 0 spiro atoms. The Morgan fingerprint density at radius 1 is 1.20 bits per heavy atom. The zero-order valence-electron chi connectivity index (χ0n) is 10.2. The van der Waals surface area contributed by atoms with Gasteiger partial charge in [0.15, 0.2) is 0 Å². The van der Waals surface area contributed by atoms with Crippen molar-refractivity contribution in [3.63, 3.8) is 0 Å². The minimum Gasteiger partial charge on any atom is -0.394 e. The van der Waals surface area contributed by atoms with Crippen molar-refractivity contribution in [2.24, 2.45) is 0 Å². The Hall–Kier alpha value is 0.0169. The van der Waals surface area contributed by atoms with Gasteiger partial charge in [0.05, 0.1) is 13.2 Å². The summed E-state index contributed by atoms with van der Waals surface area (Å²) in [5.41, 5.74) is 0. The predicted molar refractivity (Wildman–Crippen MR) is 60.8 cm³/mol. The lowest BCUT2D eigenvalue weighted by molar-refractivity contribution is 0.0778. The molecule has 5 nitrogen and oxygen atoms in total. The van der Waals surface area contributed by atoms with Gasteiger partial charge in [0.25, 0.3) is 0 Å². The van der Waals surface area contributed by atoms with Crippen LogP contribution in [0.2, 0.25) is 6.04 Å². The normalized spacial score (nSPS) is 12.4. The molecule has 0 radical (unpaired) electrons. The lowest BCUT2D eigenvalue weighted by atomic mass is 10.5. The summed E-state index contributed by atoms with van der Waals surface area (Å²) in [5.74, 6) is 0. The number of nitrogens with zero attached hydrogens (tertiary/aromatic N) is 1. The molecular weight excluding hydrogens is 214 g/mol. The highest BCUT2D eigenvalue weighted by Gasteiger charge is 2.38. The van der Waals surface area contributed by atoms with Crippen LogP contribution in [0.25, 0.3) is 0 Å². The maximum absolute atomic E-state index is 8.71. The van der Waals surface area contributed by atoms with Gasteiger partial charge in [-0.15, -0.1) is 0 Å². The summed E-state index contributed by atoms with van der Waals surface area (Å²) in [7, 11) is 4.73. The Bertz CT molecular complexity index is 153. The van der Waals surface area contributed by atoms with E-state index in [4.69, 9.17) is 18.4 Å². The van der Waals surface area contributed by atoms with Crippen LogP contribution in [0, 0.1) is 0 Å². The van der Waals surface area contributed by atoms with Gasteiger partial charge in [0, 0.05) is 20.3 Å². The SMILES string of the molecule is CO[Si](CCCN(C)C)(OC)OCCO. The molecule has 0 rings (SSSR count). The summed E-state index contributed by atoms with van der Waals surface area (Å²) in [6.07, 6.45) is 0.965. The highest BCUT2D eigenvalue weighted by atomic mass is 28.4. The van der Waals surface area contributed by atoms with E-state index in [1.165, 1.54) is 0 Å². The highest BCUT2D eigenvalue weighted by molar-refractivity contribution is 6.60. The van der Waals surface area contributed by atoms with Crippen LogP contribution in [0.15, 0.2) is 0 Å². The Labute approximate surface area is 93.3 Å². The van der Waals surface area contributed by atoms with Crippen molar-refractivity contribution >= 4 is 8.80 Å². The molecule has 0 aliphatic rings. The van der Waals surface area contributed by atoms with Crippen LogP contribution in [0.3, 0.4) is 0 Å². The van der Waals surface area contributed by atoms with E-state index in [9.17, 15) is 0 Å². The van der Waals surface area contributed by atoms with Crippen molar-refractivity contribution in [3.8, 4) is 0 Å². The number of aliphatic hydroxyl groups is 1. The van der Waals surface area contributed by atoms with Crippen LogP contribution in [0.5, 0.6) is 0 Å². The molecule has 0 atom stereocenters. The quantitative estimate of drug-likeness (QED) is 0.580. The van der Waals surface area contributed by atoms with Crippen molar-refractivity contribution in [2.75, 3.05) is 48.1 Å². The zero-order valence-corrected chi connectivity index (χ0v) is 11.2. The molecule has 0 aromatic rings. The first-order valence-electron chi connectivity index (χ1n) is 5.10. The van der Waals surface area contributed by atoms with E-state index < -0.39 is 8.80 Å². The first-order valence-corrected chi connectivity index (χ1v) is 7.03. The Morgan fingerprint density at radius 2 is 1.80 bits per heavy atom. The van der Waals surface area contributed by atoms with Crippen molar-refractivity contribution in [3.05, 3.63) is 0 Å². The summed E-state index contributed by atoms with van der Waals surface area (Å²) in [5, 5.41) is 8.71. The third-order valence-corrected chi connectivity index (χ3v) is 4.98. The highest BCUT2D eigenvalue weighted by Crippen LogP contribution is 2.15. The van der Waals surface area contributed by atoms with Crippen molar-refractivity contribution in [2.45, 2.75) is 12.5 Å². The third-order valence-electron chi connectivity index (χ3n) is 2.12. The molecule has 0 bridgehead atoms. The molecule has 6 heteroatoms. The van der Waals surface area contributed by atoms with Gasteiger partial charge in [-0.25, -0.2) is 0 Å². The second kappa shape index (κ2) is 8.20. The maximum atomic E-state index is 8.71. The molecule has 1 N–H and O–H groups in total. The summed E-state index contributed by atoms with van der Waals surface area (Å²) in [6.45, 7) is 1.25. The fourth-order valence-electron chi connectivity index (χ4n) is 1.29. The summed E-state index contributed by atoms with van der Waals surface area (Å²) in [4.78, 5) is 2.11. The Balaban J connectivity index is 3.99. The van der Waals surface area contributed by atoms with Gasteiger partial charge < -0.3 is 23.3 Å². The third kappa shape index (κ3) is 6.24. The van der Waals surface area contributed by atoms with Crippen LogP contribution in [-0.4, -0.2) is 66.9 Å². The van der Waals surface area contributed by atoms with E-state index in [-0.39, 0.29) is 13.2 Å². The van der Waals surface area contributed by atoms with Gasteiger partial charge in [0.1, 0.15) is 0 Å². The monoisotopic (exact) mass is 237 g/mol. The van der Waals surface area contributed by atoms with Gasteiger partial charge >= 0.3 is 8.80 Å². The van der Waals surface area contributed by atoms with Crippen LogP contribution in [0.1, 0.15) is 6.42 Å². The van der Waals surface area contributed by atoms with Crippen LogP contribution < -0.4 is 0 Å². The standard InChI is InChI=1S/C9H23NO4Si/c1-10(2)6-5-9-15(12-3,13-4)14-8-7-11/h11H,5-9H2,1-4H3. The number of rotatable bonds is 9. The van der Waals surface area contributed by atoms with Gasteiger partial charge in [-0.2, -0.15) is 0 Å². The van der Waals surface area contributed by atoms with Crippen molar-refractivity contribution in [1.82, 2.24) is 4.90 Å². The molecule has 15 heavy (non-hydrogen) atoms. The minimum absolute atomic E-state index is 0.00481. The van der Waals surface area contributed by atoms with E-state index >= 15 is 0 Å². The summed E-state index contributed by atoms with van der Waals surface area (Å²) in [6, 6.07) is 0.776. The van der Waals surface area contributed by atoms with Crippen molar-refractivity contribution in [1.29, 1.82) is 0 Å². The van der Waals surface area contributed by atoms with Crippen molar-refractivity contribution < 1.29 is 18.4 Å². The molecule has 0 aromatic heterocycles. The van der Waals surface area contributed by atoms with Gasteiger partial charge in [-0.3, -0.25) is 0 Å². The number of aliphatic hydroxyl groups excluding tert-OH is 1. The molecule has 0 aliphatic carbocycles. The first-order chi connectivity index (χ1) is 7.10. The second-order valence-electron chi connectivity index (χ2n) is 3.57. The molecule has 0 fully saturated rings. The Kier molecular flexibility index (Phi) is 8.21. The van der Waals surface area contributed by atoms with E-state index in [0.29, 0.717) is 0 Å². The van der Waals surface area contributed by atoms with Gasteiger partial charge in [-0.05, 0) is 27.1 Å². The predicted octanol–water partition coefficient (Wildman–Crippen LogP) is 0.179. The number of hydrogen-bond acceptors (Lipinski definition) is 5. The smallest absolute Gasteiger partial charge is 0.394 e. The molecule has 92 valence electrons. The average molecular weight is 237 g/mol. The van der Waals surface area contributed by atoms with Gasteiger partial charge in [-0.1, -0.05) is 0 Å². The largest absolute Gasteiger partial charge is 0.500 e. The lowest BCUT2D eigenvalue weighted by Crippen LogP contribution is -2.44. The zero-order chi connectivity index (χ0) is 11.7. The van der Waals surface area contributed by atoms with Gasteiger partial charge in [0.2, 0.25) is 0 Å². The molecule has 0 aliphatic heterocycles. The summed E-state index contributed by atoms with van der Waals surface area (Å²) >= 11 is 0. The first kappa shape index (κ1) is 15.0. The number of hydrogen-bond donors (Lipinski definition) is 1. The lowest BCUT2D eigenvalue weighted by Gasteiger charge is -2.26. The van der Waals surface area contributed by atoms with E-state index in [2.05, 4.69) is 4.90 Å². The Morgan fingerprint density at radius 3 is 2.20 bits per heavy atom. The van der Waals surface area contributed by atoms with E-state index in [1.54, 1.807) is 14.2 Å². The summed E-state index contributed by atoms with van der Waals surface area (Å²) < 4.78 is 16.2. The minimum atomic E-state index is -2.52. The molecule has 0 amide bonds. The van der Waals surface area contributed by atoms with E-state index in [0.717, 1.165) is 19.0 Å². The maximum Gasteiger partial charge on any atom is 0.500 e. The topological polar surface area (TPSA) is 51.2 Å². The molecular formula is C9H23NO4Si. The fraction of sp³-hybridized carbons (Fsp3) is 1.00. The molecule has 0 heterocycles. The average Bonchev–Trinajstić information content (AvgIpc) is 2.23. The van der Waals surface area contributed by atoms with E-state index in [1.807, 2.05) is 14.1 Å². The van der Waals surface area contributed by atoms with Crippen LogP contribution in [-0.2, 0) is 13.3 Å². The molecule has 0 aromatic carbocycles. The van der Waals surface area contributed by atoms with Crippen LogP contribution >= 0.6 is 0 Å². The molecule has 0 unspecified atom stereocenters.